The third kappa shape index (κ3) is 4.67. The molecule has 2 heteroatoms. The molecule has 33 heavy (non-hydrogen) atoms. The van der Waals surface area contributed by atoms with Gasteiger partial charge in [0.1, 0.15) is 0 Å². The molecule has 0 aliphatic heterocycles. The highest BCUT2D eigenvalue weighted by Gasteiger charge is 2.40. The summed E-state index contributed by atoms with van der Waals surface area (Å²) in [4.78, 5) is 27.6. The van der Waals surface area contributed by atoms with Crippen molar-refractivity contribution in [3.05, 3.63) is 88.0 Å². The Hall–Kier alpha value is -2.74. The Bertz CT molecular complexity index is 1090. The molecular weight excluding hydrogens is 404 g/mol. The Morgan fingerprint density at radius 1 is 0.848 bits per heavy atom. The highest BCUT2D eigenvalue weighted by molar-refractivity contribution is 6.22. The molecule has 0 heterocycles. The normalized spacial score (nSPS) is 23.8. The summed E-state index contributed by atoms with van der Waals surface area (Å²) in [6.45, 7) is 8.23. The number of aryl methyl sites for hydroxylation is 1. The third-order valence-corrected chi connectivity index (χ3v) is 7.95. The molecule has 0 spiro atoms. The van der Waals surface area contributed by atoms with E-state index in [4.69, 9.17) is 0 Å². The maximum Gasteiger partial charge on any atom is 0.167 e. The van der Waals surface area contributed by atoms with Crippen molar-refractivity contribution in [1.82, 2.24) is 0 Å². The van der Waals surface area contributed by atoms with Crippen molar-refractivity contribution in [2.24, 2.45) is 17.8 Å². The first-order valence-corrected chi connectivity index (χ1v) is 12.6. The monoisotopic (exact) mass is 440 g/mol. The molecule has 1 saturated carbocycles. The van der Waals surface area contributed by atoms with E-state index in [1.165, 1.54) is 12.0 Å². The van der Waals surface area contributed by atoms with Gasteiger partial charge in [0.25, 0.3) is 0 Å². The van der Waals surface area contributed by atoms with Crippen molar-refractivity contribution in [3.8, 4) is 0 Å². The van der Waals surface area contributed by atoms with Crippen LogP contribution in [0.4, 0.5) is 0 Å². The van der Waals surface area contributed by atoms with E-state index in [2.05, 4.69) is 44.2 Å². The molecule has 0 saturated heterocycles. The number of carbonyl (C=O) groups is 2. The minimum Gasteiger partial charge on any atom is -0.294 e. The van der Waals surface area contributed by atoms with Crippen LogP contribution in [0.3, 0.4) is 0 Å². The van der Waals surface area contributed by atoms with E-state index in [1.54, 1.807) is 0 Å². The second-order valence-corrected chi connectivity index (χ2v) is 9.97. The second kappa shape index (κ2) is 10.0. The predicted molar refractivity (Wildman–Crippen MR) is 136 cm³/mol. The van der Waals surface area contributed by atoms with Gasteiger partial charge in [-0.15, -0.1) is 0 Å². The largest absolute Gasteiger partial charge is 0.294 e. The van der Waals surface area contributed by atoms with Gasteiger partial charge in [0.05, 0.1) is 0 Å². The van der Waals surface area contributed by atoms with Gasteiger partial charge in [-0.1, -0.05) is 87.4 Å². The molecule has 2 aliphatic carbocycles. The lowest BCUT2D eigenvalue weighted by molar-refractivity contribution is -0.129. The third-order valence-electron chi connectivity index (χ3n) is 7.95. The first-order valence-electron chi connectivity index (χ1n) is 12.6. The van der Waals surface area contributed by atoms with E-state index in [1.807, 2.05) is 38.1 Å². The molecule has 2 aromatic rings. The SMILES string of the molecule is CCC1CCC(=C(C2=C(Cc3ccccc3)C(=O)C(C)C(C)C2=O)c2ccccc2C)CC1. The van der Waals surface area contributed by atoms with Crippen molar-refractivity contribution >= 4 is 17.1 Å². The molecule has 0 amide bonds. The predicted octanol–water partition coefficient (Wildman–Crippen LogP) is 7.31. The topological polar surface area (TPSA) is 34.1 Å². The average Bonchev–Trinajstić information content (AvgIpc) is 2.85. The van der Waals surface area contributed by atoms with Crippen LogP contribution in [-0.2, 0) is 16.0 Å². The molecule has 2 atom stereocenters. The number of allylic oxidation sites excluding steroid dienone is 4. The summed E-state index contributed by atoms with van der Waals surface area (Å²) < 4.78 is 0. The van der Waals surface area contributed by atoms with Crippen LogP contribution in [0.15, 0.2) is 71.3 Å². The molecule has 2 nitrogen and oxygen atoms in total. The minimum atomic E-state index is -0.293. The summed E-state index contributed by atoms with van der Waals surface area (Å²) in [5.74, 6) is 0.455. The van der Waals surface area contributed by atoms with Gasteiger partial charge in [0, 0.05) is 29.4 Å². The van der Waals surface area contributed by atoms with Crippen molar-refractivity contribution in [2.45, 2.75) is 66.2 Å². The fourth-order valence-corrected chi connectivity index (χ4v) is 5.52. The Morgan fingerprint density at radius 2 is 1.45 bits per heavy atom. The number of carbonyl (C=O) groups excluding carboxylic acids is 2. The molecule has 0 N–H and O–H groups in total. The molecule has 0 bridgehead atoms. The molecule has 0 radical (unpaired) electrons. The van der Waals surface area contributed by atoms with Gasteiger partial charge in [0.2, 0.25) is 0 Å². The summed E-state index contributed by atoms with van der Waals surface area (Å²) in [5, 5.41) is 0. The van der Waals surface area contributed by atoms with Gasteiger partial charge in [-0.05, 0) is 60.8 Å². The van der Waals surface area contributed by atoms with E-state index in [0.717, 1.165) is 53.9 Å². The number of benzene rings is 2. The molecule has 1 fully saturated rings. The lowest BCUT2D eigenvalue weighted by Crippen LogP contribution is -2.36. The summed E-state index contributed by atoms with van der Waals surface area (Å²) in [6.07, 6.45) is 6.07. The van der Waals surface area contributed by atoms with E-state index >= 15 is 0 Å². The Labute approximate surface area is 198 Å². The van der Waals surface area contributed by atoms with Crippen molar-refractivity contribution in [2.75, 3.05) is 0 Å². The van der Waals surface area contributed by atoms with Gasteiger partial charge in [-0.2, -0.15) is 0 Å². The summed E-state index contributed by atoms with van der Waals surface area (Å²) >= 11 is 0. The first kappa shape index (κ1) is 23.4. The van der Waals surface area contributed by atoms with Crippen LogP contribution < -0.4 is 0 Å². The van der Waals surface area contributed by atoms with Crippen LogP contribution in [0, 0.1) is 24.7 Å². The zero-order chi connectivity index (χ0) is 23.5. The highest BCUT2D eigenvalue weighted by Crippen LogP contribution is 2.44. The van der Waals surface area contributed by atoms with Crippen molar-refractivity contribution < 1.29 is 9.59 Å². The van der Waals surface area contributed by atoms with Crippen LogP contribution >= 0.6 is 0 Å². The summed E-state index contributed by atoms with van der Waals surface area (Å²) in [7, 11) is 0. The summed E-state index contributed by atoms with van der Waals surface area (Å²) in [5.41, 5.74) is 7.19. The van der Waals surface area contributed by atoms with Crippen LogP contribution in [0.5, 0.6) is 0 Å². The van der Waals surface area contributed by atoms with E-state index in [-0.39, 0.29) is 23.4 Å². The zero-order valence-corrected chi connectivity index (χ0v) is 20.5. The maximum absolute atomic E-state index is 13.9. The maximum atomic E-state index is 13.9. The average molecular weight is 441 g/mol. The molecule has 0 aromatic heterocycles. The first-order chi connectivity index (χ1) is 15.9. The molecule has 2 aliphatic rings. The molecular formula is C31H36O2. The van der Waals surface area contributed by atoms with Crippen LogP contribution in [-0.4, -0.2) is 11.6 Å². The minimum absolute atomic E-state index is 0.134. The fraction of sp³-hybridized carbons (Fsp3) is 0.419. The zero-order valence-electron chi connectivity index (χ0n) is 20.5. The summed E-state index contributed by atoms with van der Waals surface area (Å²) in [6, 6.07) is 18.5. The van der Waals surface area contributed by atoms with Crippen LogP contribution in [0.25, 0.3) is 5.57 Å². The van der Waals surface area contributed by atoms with Gasteiger partial charge in [-0.3, -0.25) is 9.59 Å². The number of hydrogen-bond donors (Lipinski definition) is 0. The van der Waals surface area contributed by atoms with Gasteiger partial charge in [-0.25, -0.2) is 0 Å². The van der Waals surface area contributed by atoms with E-state index in [9.17, 15) is 9.59 Å². The Balaban J connectivity index is 1.96. The highest BCUT2D eigenvalue weighted by atomic mass is 16.1. The molecule has 4 rings (SSSR count). The van der Waals surface area contributed by atoms with Gasteiger partial charge >= 0.3 is 0 Å². The number of rotatable bonds is 5. The quantitative estimate of drug-likeness (QED) is 0.488. The molecule has 2 aromatic carbocycles. The van der Waals surface area contributed by atoms with Crippen LogP contribution in [0.1, 0.15) is 69.6 Å². The van der Waals surface area contributed by atoms with Gasteiger partial charge in [0.15, 0.2) is 11.6 Å². The van der Waals surface area contributed by atoms with E-state index < -0.39 is 0 Å². The Kier molecular flexibility index (Phi) is 7.12. The van der Waals surface area contributed by atoms with Crippen molar-refractivity contribution in [1.29, 1.82) is 0 Å². The van der Waals surface area contributed by atoms with Crippen LogP contribution in [0.2, 0.25) is 0 Å². The molecule has 2 unspecified atom stereocenters. The smallest absolute Gasteiger partial charge is 0.167 e. The number of hydrogen-bond acceptors (Lipinski definition) is 2. The standard InChI is InChI=1S/C31H36O2/c1-5-23-15-17-25(18-16-23)28(26-14-10-9-11-20(26)2)29-27(19-24-12-7-6-8-13-24)30(32)21(3)22(4)31(29)33/h6-14,21-23H,5,15-19H2,1-4H3. The van der Waals surface area contributed by atoms with E-state index in [0.29, 0.717) is 17.6 Å². The number of ketones is 2. The lowest BCUT2D eigenvalue weighted by atomic mass is 9.69. The molecule has 172 valence electrons. The Morgan fingerprint density at radius 3 is 2.09 bits per heavy atom. The lowest BCUT2D eigenvalue weighted by Gasteiger charge is -2.33. The number of Topliss-reactive ketones (excluding diaryl/α,β-unsaturated/α-hetero) is 2. The second-order valence-electron chi connectivity index (χ2n) is 9.97. The van der Waals surface area contributed by atoms with Crippen molar-refractivity contribution in [3.63, 3.8) is 0 Å². The van der Waals surface area contributed by atoms with Gasteiger partial charge < -0.3 is 0 Å². The fourth-order valence-electron chi connectivity index (χ4n) is 5.52.